The number of nitrogens with zero attached hydrogens (tertiary/aromatic N) is 3. The van der Waals surface area contributed by atoms with E-state index < -0.39 is 24.2 Å². The third-order valence-corrected chi connectivity index (χ3v) is 9.63. The largest absolute Gasteiger partial charge is 0.370 e. The Labute approximate surface area is 248 Å². The van der Waals surface area contributed by atoms with Gasteiger partial charge in [0.05, 0.1) is 30.9 Å². The van der Waals surface area contributed by atoms with Crippen LogP contribution in [0.5, 0.6) is 0 Å². The Kier molecular flexibility index (Phi) is 6.33. The van der Waals surface area contributed by atoms with Crippen LogP contribution < -0.4 is 0 Å². The standard InChI is InChI=1S/C34H34FN3O5/c1-36-32(39)29-23-17-37(26-11-5-3-9-21(23)26)15-16-41-31(28-20-42-34(43-28)13-7-2-8-14-34)25(35)19-38-18-24(30(29)33(36)40)22-10-4-6-12-27(22)38/h3-6,9-12,17-18,25,28,31H,2,7-8,13-16,19-20H2,1H3/t25-,28-,31+/m1/s1. The van der Waals surface area contributed by atoms with E-state index in [9.17, 15) is 9.59 Å². The number of rotatable bonds is 1. The molecule has 2 aromatic heterocycles. The Morgan fingerprint density at radius 3 is 2.12 bits per heavy atom. The molecule has 1 aliphatic carbocycles. The van der Waals surface area contributed by atoms with Crippen LogP contribution in [0.3, 0.4) is 0 Å². The molecular formula is C34H34FN3O5. The minimum absolute atomic E-state index is 0.00522. The van der Waals surface area contributed by atoms with Crippen LogP contribution >= 0.6 is 0 Å². The van der Waals surface area contributed by atoms with Gasteiger partial charge in [0.1, 0.15) is 18.4 Å². The fourth-order valence-corrected chi connectivity index (χ4v) is 7.49. The molecular weight excluding hydrogens is 549 g/mol. The van der Waals surface area contributed by atoms with Crippen molar-refractivity contribution in [2.45, 2.75) is 69.4 Å². The molecule has 0 N–H and O–H groups in total. The van der Waals surface area contributed by atoms with E-state index in [-0.39, 0.29) is 25.0 Å². The van der Waals surface area contributed by atoms with Crippen LogP contribution in [0.25, 0.3) is 33.0 Å². The first-order valence-corrected chi connectivity index (χ1v) is 15.2. The smallest absolute Gasteiger partial charge is 0.261 e. The first-order valence-electron chi connectivity index (χ1n) is 15.2. The Morgan fingerprint density at radius 1 is 0.837 bits per heavy atom. The highest BCUT2D eigenvalue weighted by Crippen LogP contribution is 2.43. The van der Waals surface area contributed by atoms with Crippen molar-refractivity contribution in [2.75, 3.05) is 20.3 Å². The summed E-state index contributed by atoms with van der Waals surface area (Å²) >= 11 is 0. The number of halogens is 1. The normalized spacial score (nSPS) is 26.1. The lowest BCUT2D eigenvalue weighted by molar-refractivity contribution is -0.203. The number of hydrogen-bond acceptors (Lipinski definition) is 5. The molecule has 4 aromatic rings. The summed E-state index contributed by atoms with van der Waals surface area (Å²) < 4.78 is 39.5. The van der Waals surface area contributed by atoms with E-state index in [1.165, 1.54) is 11.9 Å². The average molecular weight is 584 g/mol. The van der Waals surface area contributed by atoms with Gasteiger partial charge in [0, 0.05) is 71.8 Å². The van der Waals surface area contributed by atoms with Gasteiger partial charge >= 0.3 is 0 Å². The number of carbonyl (C=O) groups excluding carboxylic acids is 2. The third kappa shape index (κ3) is 4.20. The van der Waals surface area contributed by atoms with E-state index >= 15 is 4.39 Å². The van der Waals surface area contributed by atoms with Gasteiger partial charge in [-0.05, 0) is 25.0 Å². The van der Waals surface area contributed by atoms with Crippen molar-refractivity contribution in [1.82, 2.24) is 14.0 Å². The Hall–Kier alpha value is -3.79. The number of likely N-dealkylation sites (N-methyl/N-ethyl adjacent to an activating group) is 1. The van der Waals surface area contributed by atoms with Gasteiger partial charge in [-0.25, -0.2) is 4.39 Å². The maximum atomic E-state index is 16.6. The highest BCUT2D eigenvalue weighted by Gasteiger charge is 2.47. The van der Waals surface area contributed by atoms with Crippen molar-refractivity contribution in [3.05, 3.63) is 72.1 Å². The van der Waals surface area contributed by atoms with Crippen LogP contribution in [-0.2, 0) is 36.9 Å². The molecule has 2 fully saturated rings. The van der Waals surface area contributed by atoms with Crippen LogP contribution in [0.1, 0.15) is 43.2 Å². The zero-order valence-corrected chi connectivity index (χ0v) is 24.1. The molecule has 8 nitrogen and oxygen atoms in total. The molecule has 0 unspecified atom stereocenters. The minimum Gasteiger partial charge on any atom is -0.370 e. The van der Waals surface area contributed by atoms with Gasteiger partial charge in [-0.15, -0.1) is 0 Å². The van der Waals surface area contributed by atoms with E-state index in [0.717, 1.165) is 53.9 Å². The number of hydrogen-bond donors (Lipinski definition) is 0. The van der Waals surface area contributed by atoms with E-state index in [0.29, 0.717) is 35.4 Å². The van der Waals surface area contributed by atoms with Crippen molar-refractivity contribution in [2.24, 2.45) is 0 Å². The SMILES string of the molecule is CN1C(=O)C2=C(C1=O)c1cn(c3ccccc13)C[C@@H](F)[C@@H]([C@H]1COC3(CCCCC3)O1)OCCn1cc2c2ccccc21. The average Bonchev–Trinajstić information content (AvgIpc) is 3.75. The highest BCUT2D eigenvalue weighted by molar-refractivity contribution is 6.50. The maximum Gasteiger partial charge on any atom is 0.261 e. The lowest BCUT2D eigenvalue weighted by Crippen LogP contribution is -2.43. The topological polar surface area (TPSA) is 74.9 Å². The summed E-state index contributed by atoms with van der Waals surface area (Å²) in [5.74, 6) is -1.35. The zero-order chi connectivity index (χ0) is 29.3. The fourth-order valence-electron chi connectivity index (χ4n) is 7.49. The summed E-state index contributed by atoms with van der Waals surface area (Å²) in [6, 6.07) is 15.5. The molecule has 2 amide bonds. The molecule has 8 rings (SSSR count). The molecule has 1 spiro atoms. The van der Waals surface area contributed by atoms with Crippen molar-refractivity contribution in [3.8, 4) is 0 Å². The van der Waals surface area contributed by atoms with Gasteiger partial charge in [0.15, 0.2) is 5.79 Å². The zero-order valence-electron chi connectivity index (χ0n) is 24.1. The second kappa shape index (κ2) is 10.1. The summed E-state index contributed by atoms with van der Waals surface area (Å²) in [5, 5.41) is 1.66. The molecule has 3 atom stereocenters. The van der Waals surface area contributed by atoms with Gasteiger partial charge in [0.25, 0.3) is 11.8 Å². The molecule has 1 saturated carbocycles. The van der Waals surface area contributed by atoms with Gasteiger partial charge < -0.3 is 23.3 Å². The second-order valence-electron chi connectivity index (χ2n) is 12.2. The van der Waals surface area contributed by atoms with Gasteiger partial charge in [-0.1, -0.05) is 42.8 Å². The fraction of sp³-hybridized carbons (Fsp3) is 0.412. The van der Waals surface area contributed by atoms with E-state index in [1.807, 2.05) is 70.1 Å². The number of para-hydroxylation sites is 2. The summed E-state index contributed by atoms with van der Waals surface area (Å²) in [6.07, 6.45) is 5.81. The lowest BCUT2D eigenvalue weighted by atomic mass is 9.94. The van der Waals surface area contributed by atoms with Crippen molar-refractivity contribution in [3.63, 3.8) is 0 Å². The summed E-state index contributed by atoms with van der Waals surface area (Å²) in [4.78, 5) is 28.6. The second-order valence-corrected chi connectivity index (χ2v) is 12.2. The van der Waals surface area contributed by atoms with Gasteiger partial charge in [-0.2, -0.15) is 0 Å². The lowest BCUT2D eigenvalue weighted by Gasteiger charge is -2.33. The minimum atomic E-state index is -1.41. The van der Waals surface area contributed by atoms with Crippen LogP contribution in [0.4, 0.5) is 4.39 Å². The highest BCUT2D eigenvalue weighted by atomic mass is 19.1. The van der Waals surface area contributed by atoms with Crippen molar-refractivity contribution < 1.29 is 28.2 Å². The molecule has 43 heavy (non-hydrogen) atoms. The van der Waals surface area contributed by atoms with Gasteiger partial charge in [0.2, 0.25) is 0 Å². The van der Waals surface area contributed by atoms with Crippen molar-refractivity contribution in [1.29, 1.82) is 0 Å². The van der Waals surface area contributed by atoms with E-state index in [1.54, 1.807) is 0 Å². The number of fused-ring (bicyclic) bond motifs is 12. The quantitative estimate of drug-likeness (QED) is 0.284. The maximum absolute atomic E-state index is 16.6. The molecule has 9 heteroatoms. The van der Waals surface area contributed by atoms with Crippen LogP contribution in [0.15, 0.2) is 60.9 Å². The molecule has 4 aliphatic rings. The van der Waals surface area contributed by atoms with E-state index in [4.69, 9.17) is 14.2 Å². The number of amides is 2. The number of carbonyl (C=O) groups is 2. The van der Waals surface area contributed by atoms with Crippen molar-refractivity contribution >= 4 is 44.8 Å². The predicted octanol–water partition coefficient (Wildman–Crippen LogP) is 5.32. The van der Waals surface area contributed by atoms with Crippen LogP contribution in [-0.4, -0.2) is 70.3 Å². The first-order chi connectivity index (χ1) is 20.9. The molecule has 5 heterocycles. The summed E-state index contributed by atoms with van der Waals surface area (Å²) in [6.45, 7) is 0.978. The van der Waals surface area contributed by atoms with Crippen LogP contribution in [0, 0.1) is 0 Å². The van der Waals surface area contributed by atoms with E-state index in [2.05, 4.69) is 0 Å². The Morgan fingerprint density at radius 2 is 1.44 bits per heavy atom. The van der Waals surface area contributed by atoms with Gasteiger partial charge in [-0.3, -0.25) is 14.5 Å². The third-order valence-electron chi connectivity index (χ3n) is 9.63. The number of benzene rings is 2. The molecule has 1 saturated heterocycles. The van der Waals surface area contributed by atoms with Crippen LogP contribution in [0.2, 0.25) is 0 Å². The molecule has 222 valence electrons. The summed E-state index contributed by atoms with van der Waals surface area (Å²) in [7, 11) is 1.52. The molecule has 0 radical (unpaired) electrons. The number of imide groups is 1. The first kappa shape index (κ1) is 26.8. The number of ether oxygens (including phenoxy) is 3. The molecule has 3 aliphatic heterocycles. The summed E-state index contributed by atoms with van der Waals surface area (Å²) in [5.41, 5.74) is 3.73. The monoisotopic (exact) mass is 583 g/mol. The molecule has 4 bridgehead atoms. The Balaban J connectivity index is 1.29. The Bertz CT molecular complexity index is 1800. The predicted molar refractivity (Wildman–Crippen MR) is 160 cm³/mol. The molecule has 2 aromatic carbocycles. The number of aromatic nitrogens is 2. The number of alkyl halides is 1.